The van der Waals surface area contributed by atoms with Crippen LogP contribution in [-0.2, 0) is 4.74 Å². The topological polar surface area (TPSA) is 76.1 Å². The number of hydrogen-bond donors (Lipinski definition) is 2. The highest BCUT2D eigenvalue weighted by Gasteiger charge is 2.08. The minimum Gasteiger partial charge on any atom is -0.385 e. The first kappa shape index (κ1) is 17.4. The second-order valence-electron chi connectivity index (χ2n) is 5.69. The summed E-state index contributed by atoms with van der Waals surface area (Å²) in [5.41, 5.74) is 1.87. The fraction of sp³-hybridized carbons (Fsp3) is 0.588. The summed E-state index contributed by atoms with van der Waals surface area (Å²) in [4.78, 5) is 11.9. The lowest BCUT2D eigenvalue weighted by Gasteiger charge is -2.13. The van der Waals surface area contributed by atoms with Crippen LogP contribution >= 0.6 is 0 Å². The fourth-order valence-electron chi connectivity index (χ4n) is 2.54. The number of ether oxygens (including phenoxy) is 1. The van der Waals surface area contributed by atoms with Crippen molar-refractivity contribution in [1.82, 2.24) is 15.5 Å². The average Bonchev–Trinajstić information content (AvgIpc) is 2.60. The molecule has 0 saturated heterocycles. The summed E-state index contributed by atoms with van der Waals surface area (Å²) in [5, 5.41) is 14.1. The predicted octanol–water partition coefficient (Wildman–Crippen LogP) is 2.55. The Hall–Kier alpha value is -1.95. The van der Waals surface area contributed by atoms with Gasteiger partial charge in [-0.15, -0.1) is 10.2 Å². The Morgan fingerprint density at radius 3 is 2.87 bits per heavy atom. The zero-order valence-electron chi connectivity index (χ0n) is 13.8. The molecule has 23 heavy (non-hydrogen) atoms. The molecule has 1 aromatic heterocycles. The highest BCUT2D eigenvalue weighted by molar-refractivity contribution is 5.92. The summed E-state index contributed by atoms with van der Waals surface area (Å²) in [5.74, 6) is 0.504. The Bertz CT molecular complexity index is 514. The van der Waals surface area contributed by atoms with E-state index in [1.165, 1.54) is 31.3 Å². The maximum atomic E-state index is 11.9. The summed E-state index contributed by atoms with van der Waals surface area (Å²) in [7, 11) is 1.64. The zero-order valence-corrected chi connectivity index (χ0v) is 13.8. The molecule has 1 aliphatic rings. The number of carbonyl (C=O) groups is 1. The monoisotopic (exact) mass is 318 g/mol. The fourth-order valence-corrected chi connectivity index (χ4v) is 2.54. The van der Waals surface area contributed by atoms with Crippen molar-refractivity contribution < 1.29 is 9.53 Å². The molecule has 0 spiro atoms. The van der Waals surface area contributed by atoms with Crippen LogP contribution in [0.5, 0.6) is 0 Å². The van der Waals surface area contributed by atoms with E-state index in [9.17, 15) is 4.79 Å². The number of anilines is 1. The minimum absolute atomic E-state index is 0.201. The van der Waals surface area contributed by atoms with Gasteiger partial charge in [0.25, 0.3) is 5.91 Å². The van der Waals surface area contributed by atoms with E-state index >= 15 is 0 Å². The van der Waals surface area contributed by atoms with E-state index in [-0.39, 0.29) is 5.91 Å². The highest BCUT2D eigenvalue weighted by atomic mass is 16.5. The van der Waals surface area contributed by atoms with Crippen molar-refractivity contribution in [2.75, 3.05) is 32.1 Å². The number of nitrogens with one attached hydrogen (secondary N) is 2. The lowest BCUT2D eigenvalue weighted by Crippen LogP contribution is -2.26. The van der Waals surface area contributed by atoms with E-state index in [2.05, 4.69) is 26.9 Å². The molecule has 2 N–H and O–H groups in total. The lowest BCUT2D eigenvalue weighted by molar-refractivity contribution is 0.0942. The molecule has 0 radical (unpaired) electrons. The summed E-state index contributed by atoms with van der Waals surface area (Å²) >= 11 is 0. The Labute approximate surface area is 137 Å². The molecule has 1 heterocycles. The molecule has 6 nitrogen and oxygen atoms in total. The number of nitrogens with zero attached hydrogens (tertiary/aromatic N) is 2. The largest absolute Gasteiger partial charge is 0.385 e. The molecule has 1 amide bonds. The van der Waals surface area contributed by atoms with Gasteiger partial charge in [0.05, 0.1) is 0 Å². The van der Waals surface area contributed by atoms with Crippen LogP contribution in [0.3, 0.4) is 0 Å². The number of aromatic nitrogens is 2. The number of allylic oxidation sites excluding steroid dienone is 1. The van der Waals surface area contributed by atoms with Crippen molar-refractivity contribution in [3.8, 4) is 0 Å². The lowest BCUT2D eigenvalue weighted by atomic mass is 9.97. The second kappa shape index (κ2) is 9.94. The van der Waals surface area contributed by atoms with Gasteiger partial charge in [-0.05, 0) is 50.7 Å². The van der Waals surface area contributed by atoms with Gasteiger partial charge in [-0.1, -0.05) is 11.6 Å². The Morgan fingerprint density at radius 1 is 1.26 bits per heavy atom. The average molecular weight is 318 g/mol. The summed E-state index contributed by atoms with van der Waals surface area (Å²) in [6, 6.07) is 3.49. The first-order valence-corrected chi connectivity index (χ1v) is 8.32. The van der Waals surface area contributed by atoms with Crippen LogP contribution in [-0.4, -0.2) is 42.9 Å². The molecule has 6 heteroatoms. The van der Waals surface area contributed by atoms with Crippen molar-refractivity contribution in [2.24, 2.45) is 0 Å². The van der Waals surface area contributed by atoms with Crippen LogP contribution in [0.25, 0.3) is 0 Å². The van der Waals surface area contributed by atoms with E-state index in [0.29, 0.717) is 24.7 Å². The van der Waals surface area contributed by atoms with Crippen LogP contribution < -0.4 is 10.6 Å². The second-order valence-corrected chi connectivity index (χ2v) is 5.69. The molecule has 0 aromatic carbocycles. The highest BCUT2D eigenvalue weighted by Crippen LogP contribution is 2.19. The maximum absolute atomic E-state index is 11.9. The summed E-state index contributed by atoms with van der Waals surface area (Å²) in [6.45, 7) is 2.05. The SMILES string of the molecule is COCCCNC(=O)c1ccc(NCCC2=CCCCC2)nn1. The van der Waals surface area contributed by atoms with Crippen molar-refractivity contribution in [3.63, 3.8) is 0 Å². The van der Waals surface area contributed by atoms with Gasteiger partial charge in [-0.3, -0.25) is 4.79 Å². The van der Waals surface area contributed by atoms with Gasteiger partial charge in [0.2, 0.25) is 0 Å². The summed E-state index contributed by atoms with van der Waals surface area (Å²) in [6.07, 6.45) is 9.23. The van der Waals surface area contributed by atoms with E-state index in [1.807, 2.05) is 0 Å². The molecule has 1 aromatic rings. The van der Waals surface area contributed by atoms with E-state index < -0.39 is 0 Å². The third-order valence-corrected chi connectivity index (χ3v) is 3.85. The molecule has 0 saturated carbocycles. The van der Waals surface area contributed by atoms with Crippen molar-refractivity contribution in [2.45, 2.75) is 38.5 Å². The molecule has 126 valence electrons. The standard InChI is InChI=1S/C17H26N4O2/c1-23-13-5-11-19-17(22)15-8-9-16(21-20-15)18-12-10-14-6-3-2-4-7-14/h6,8-9H,2-5,7,10-13H2,1H3,(H,18,21)(H,19,22). The van der Waals surface area contributed by atoms with Gasteiger partial charge in [-0.25, -0.2) is 0 Å². The van der Waals surface area contributed by atoms with Gasteiger partial charge in [0, 0.05) is 26.8 Å². The number of carbonyl (C=O) groups excluding carboxylic acids is 1. The molecular formula is C17H26N4O2. The zero-order chi connectivity index (χ0) is 16.3. The van der Waals surface area contributed by atoms with Gasteiger partial charge >= 0.3 is 0 Å². The van der Waals surface area contributed by atoms with Crippen LogP contribution in [0, 0.1) is 0 Å². The van der Waals surface area contributed by atoms with Gasteiger partial charge in [0.15, 0.2) is 5.69 Å². The maximum Gasteiger partial charge on any atom is 0.271 e. The first-order chi connectivity index (χ1) is 11.3. The van der Waals surface area contributed by atoms with Crippen LogP contribution in [0.1, 0.15) is 49.0 Å². The number of rotatable bonds is 9. The molecule has 0 unspecified atom stereocenters. The Kier molecular flexibility index (Phi) is 7.52. The molecule has 0 bridgehead atoms. The van der Waals surface area contributed by atoms with E-state index in [0.717, 1.165) is 19.4 Å². The molecule has 2 rings (SSSR count). The molecule has 0 aliphatic heterocycles. The quantitative estimate of drug-likeness (QED) is 0.540. The Morgan fingerprint density at radius 2 is 2.17 bits per heavy atom. The van der Waals surface area contributed by atoms with Crippen LogP contribution in [0.15, 0.2) is 23.8 Å². The molecule has 1 aliphatic carbocycles. The van der Waals surface area contributed by atoms with Gasteiger partial charge < -0.3 is 15.4 Å². The smallest absolute Gasteiger partial charge is 0.271 e. The minimum atomic E-state index is -0.201. The first-order valence-electron chi connectivity index (χ1n) is 8.32. The number of amides is 1. The number of hydrogen-bond acceptors (Lipinski definition) is 5. The van der Waals surface area contributed by atoms with Gasteiger partial charge in [-0.2, -0.15) is 0 Å². The van der Waals surface area contributed by atoms with Crippen molar-refractivity contribution in [3.05, 3.63) is 29.5 Å². The molecular weight excluding hydrogens is 292 g/mol. The molecule has 0 fully saturated rings. The van der Waals surface area contributed by atoms with E-state index in [4.69, 9.17) is 4.74 Å². The molecule has 0 atom stereocenters. The third kappa shape index (κ3) is 6.36. The van der Waals surface area contributed by atoms with Crippen molar-refractivity contribution in [1.29, 1.82) is 0 Å². The van der Waals surface area contributed by atoms with Gasteiger partial charge in [0.1, 0.15) is 5.82 Å². The van der Waals surface area contributed by atoms with E-state index in [1.54, 1.807) is 19.2 Å². The Balaban J connectivity index is 1.71. The number of methoxy groups -OCH3 is 1. The third-order valence-electron chi connectivity index (χ3n) is 3.85. The van der Waals surface area contributed by atoms with Crippen LogP contribution in [0.2, 0.25) is 0 Å². The normalized spacial score (nSPS) is 14.2. The summed E-state index contributed by atoms with van der Waals surface area (Å²) < 4.78 is 4.93. The predicted molar refractivity (Wildman–Crippen MR) is 90.5 cm³/mol. The van der Waals surface area contributed by atoms with Crippen molar-refractivity contribution >= 4 is 11.7 Å². The van der Waals surface area contributed by atoms with Crippen LogP contribution in [0.4, 0.5) is 5.82 Å².